The summed E-state index contributed by atoms with van der Waals surface area (Å²) < 4.78 is 2.62. The molecular weight excluding hydrogens is 448 g/mol. The maximum Gasteiger partial charge on any atom is 0.404 e. The van der Waals surface area contributed by atoms with Crippen LogP contribution in [0.25, 0.3) is 33.1 Å². The van der Waals surface area contributed by atoms with Crippen molar-refractivity contribution < 1.29 is 9.90 Å². The minimum absolute atomic E-state index is 0.340. The Hall–Kier alpha value is -3.46. The summed E-state index contributed by atoms with van der Waals surface area (Å²) in [4.78, 5) is 24.4. The zero-order valence-corrected chi connectivity index (χ0v) is 17.5. The molecule has 0 fully saturated rings. The topological polar surface area (TPSA) is 119 Å². The van der Waals surface area contributed by atoms with E-state index in [1.807, 2.05) is 34.9 Å². The molecule has 3 heterocycles. The summed E-state index contributed by atoms with van der Waals surface area (Å²) in [6.07, 6.45) is 4.23. The zero-order chi connectivity index (χ0) is 21.3. The second-order valence-corrected chi connectivity index (χ2v) is 7.57. The van der Waals surface area contributed by atoms with Gasteiger partial charge in [0, 0.05) is 29.3 Å². The number of hydrogen-bond donors (Lipinski definition) is 3. The highest BCUT2D eigenvalue weighted by Crippen LogP contribution is 2.40. The number of nitrogens with zero attached hydrogens (tertiary/aromatic N) is 4. The number of halogens is 1. The summed E-state index contributed by atoms with van der Waals surface area (Å²) in [5.41, 5.74) is 9.40. The van der Waals surface area contributed by atoms with Crippen molar-refractivity contribution in [2.75, 3.05) is 5.73 Å². The van der Waals surface area contributed by atoms with Crippen LogP contribution in [0.1, 0.15) is 6.42 Å². The predicted octanol–water partition coefficient (Wildman–Crippen LogP) is 4.20. The average molecular weight is 467 g/mol. The van der Waals surface area contributed by atoms with Gasteiger partial charge in [0.2, 0.25) is 0 Å². The van der Waals surface area contributed by atoms with Crippen LogP contribution in [0.4, 0.5) is 10.6 Å². The van der Waals surface area contributed by atoms with E-state index < -0.39 is 6.09 Å². The van der Waals surface area contributed by atoms with Crippen molar-refractivity contribution in [3.05, 3.63) is 60.1 Å². The summed E-state index contributed by atoms with van der Waals surface area (Å²) in [6, 6.07) is 9.50. The van der Waals surface area contributed by atoms with Gasteiger partial charge in [0.05, 0.1) is 21.5 Å². The van der Waals surface area contributed by atoms with Gasteiger partial charge in [-0.25, -0.2) is 14.8 Å². The number of aromatic nitrogens is 4. The van der Waals surface area contributed by atoms with Gasteiger partial charge in [0.15, 0.2) is 0 Å². The standard InChI is InChI=1S/C21H19BrN6O2/c1-2-5-14(27-21(29)30)10-28-18(22)16(17-19(23)25-11-26-20(17)28)13-8-12-6-3-4-7-15(12)24-9-13/h2-4,6-9,11,14,27H,1,5,10H2,(H,29,30)(H2,23,25,26). The number of nitrogens with two attached hydrogens (primary N) is 1. The number of anilines is 1. The van der Waals surface area contributed by atoms with Crippen molar-refractivity contribution in [3.8, 4) is 11.1 Å². The van der Waals surface area contributed by atoms with Crippen molar-refractivity contribution in [1.29, 1.82) is 0 Å². The molecule has 1 atom stereocenters. The van der Waals surface area contributed by atoms with E-state index in [0.29, 0.717) is 29.8 Å². The van der Waals surface area contributed by atoms with E-state index >= 15 is 0 Å². The molecule has 30 heavy (non-hydrogen) atoms. The van der Waals surface area contributed by atoms with Gasteiger partial charge >= 0.3 is 6.09 Å². The molecule has 1 amide bonds. The number of carbonyl (C=O) groups is 1. The minimum atomic E-state index is -1.09. The van der Waals surface area contributed by atoms with Gasteiger partial charge in [-0.2, -0.15) is 0 Å². The van der Waals surface area contributed by atoms with Crippen LogP contribution in [0, 0.1) is 0 Å². The van der Waals surface area contributed by atoms with Gasteiger partial charge in [-0.05, 0) is 34.5 Å². The molecule has 0 radical (unpaired) electrons. The molecule has 0 aliphatic rings. The molecule has 4 N–H and O–H groups in total. The lowest BCUT2D eigenvalue weighted by Crippen LogP contribution is -2.36. The first-order valence-electron chi connectivity index (χ1n) is 9.23. The molecule has 4 rings (SSSR count). The van der Waals surface area contributed by atoms with E-state index in [1.165, 1.54) is 6.33 Å². The molecule has 0 aliphatic heterocycles. The Morgan fingerprint density at radius 3 is 2.90 bits per heavy atom. The summed E-state index contributed by atoms with van der Waals surface area (Å²) in [5, 5.41) is 13.4. The highest BCUT2D eigenvalue weighted by molar-refractivity contribution is 9.10. The van der Waals surface area contributed by atoms with Gasteiger partial charge < -0.3 is 20.7 Å². The van der Waals surface area contributed by atoms with Gasteiger partial charge in [0.1, 0.15) is 17.8 Å². The Morgan fingerprint density at radius 2 is 2.13 bits per heavy atom. The van der Waals surface area contributed by atoms with Gasteiger partial charge in [-0.15, -0.1) is 6.58 Å². The average Bonchev–Trinajstić information content (AvgIpc) is 3.00. The van der Waals surface area contributed by atoms with E-state index in [0.717, 1.165) is 26.6 Å². The molecule has 152 valence electrons. The SMILES string of the molecule is C=CCC(Cn1c(Br)c(-c2cnc3ccccc3c2)c2c(N)ncnc21)NC(=O)O. The van der Waals surface area contributed by atoms with E-state index in [9.17, 15) is 9.90 Å². The lowest BCUT2D eigenvalue weighted by molar-refractivity contribution is 0.188. The van der Waals surface area contributed by atoms with Crippen molar-refractivity contribution >= 4 is 49.8 Å². The number of para-hydroxylation sites is 1. The minimum Gasteiger partial charge on any atom is -0.465 e. The summed E-state index contributed by atoms with van der Waals surface area (Å²) in [5.74, 6) is 0.342. The predicted molar refractivity (Wildman–Crippen MR) is 120 cm³/mol. The largest absolute Gasteiger partial charge is 0.465 e. The maximum absolute atomic E-state index is 11.2. The first-order valence-corrected chi connectivity index (χ1v) is 10.0. The Balaban J connectivity index is 1.90. The van der Waals surface area contributed by atoms with Crippen LogP contribution in [-0.4, -0.2) is 36.8 Å². The number of hydrogen-bond acceptors (Lipinski definition) is 5. The van der Waals surface area contributed by atoms with Crippen molar-refractivity contribution in [1.82, 2.24) is 24.8 Å². The Bertz CT molecular complexity index is 1270. The molecule has 4 aromatic rings. The lowest BCUT2D eigenvalue weighted by Gasteiger charge is -2.17. The number of benzene rings is 1. The Morgan fingerprint density at radius 1 is 1.33 bits per heavy atom. The second kappa shape index (κ2) is 8.11. The van der Waals surface area contributed by atoms with Crippen molar-refractivity contribution in [2.24, 2.45) is 0 Å². The van der Waals surface area contributed by atoms with Gasteiger partial charge in [-0.3, -0.25) is 4.98 Å². The summed E-state index contributed by atoms with van der Waals surface area (Å²) in [7, 11) is 0. The fraction of sp³-hybridized carbons (Fsp3) is 0.143. The fourth-order valence-electron chi connectivity index (χ4n) is 3.58. The maximum atomic E-state index is 11.2. The zero-order valence-electron chi connectivity index (χ0n) is 15.9. The molecule has 9 heteroatoms. The normalized spacial score (nSPS) is 12.2. The molecule has 0 saturated carbocycles. The highest BCUT2D eigenvalue weighted by atomic mass is 79.9. The number of carboxylic acid groups (broad SMARTS) is 1. The molecule has 0 bridgehead atoms. The van der Waals surface area contributed by atoms with E-state index in [1.54, 1.807) is 12.3 Å². The highest BCUT2D eigenvalue weighted by Gasteiger charge is 2.23. The van der Waals surface area contributed by atoms with E-state index in [4.69, 9.17) is 5.73 Å². The second-order valence-electron chi connectivity index (χ2n) is 6.82. The number of nitrogen functional groups attached to an aromatic ring is 1. The van der Waals surface area contributed by atoms with Crippen LogP contribution in [0.15, 0.2) is 60.1 Å². The van der Waals surface area contributed by atoms with Gasteiger partial charge in [-0.1, -0.05) is 24.3 Å². The fourth-order valence-corrected chi connectivity index (χ4v) is 4.32. The van der Waals surface area contributed by atoms with Crippen molar-refractivity contribution in [2.45, 2.75) is 19.0 Å². The molecule has 8 nitrogen and oxygen atoms in total. The smallest absolute Gasteiger partial charge is 0.404 e. The van der Waals surface area contributed by atoms with Crippen LogP contribution < -0.4 is 11.1 Å². The van der Waals surface area contributed by atoms with Crippen LogP contribution in [-0.2, 0) is 6.54 Å². The molecule has 3 aromatic heterocycles. The summed E-state index contributed by atoms with van der Waals surface area (Å²) in [6.45, 7) is 4.06. The molecule has 0 aliphatic carbocycles. The number of pyridine rings is 1. The van der Waals surface area contributed by atoms with Crippen molar-refractivity contribution in [3.63, 3.8) is 0 Å². The third kappa shape index (κ3) is 3.59. The quantitative estimate of drug-likeness (QED) is 0.366. The lowest BCUT2D eigenvalue weighted by atomic mass is 10.1. The van der Waals surface area contributed by atoms with E-state index in [-0.39, 0.29) is 6.04 Å². The third-order valence-electron chi connectivity index (χ3n) is 4.87. The Labute approximate surface area is 180 Å². The van der Waals surface area contributed by atoms with E-state index in [2.05, 4.69) is 42.8 Å². The first-order chi connectivity index (χ1) is 14.5. The summed E-state index contributed by atoms with van der Waals surface area (Å²) >= 11 is 3.69. The first kappa shape index (κ1) is 19.8. The Kier molecular flexibility index (Phi) is 5.37. The monoisotopic (exact) mass is 466 g/mol. The molecule has 0 spiro atoms. The van der Waals surface area contributed by atoms with Crippen LogP contribution in [0.5, 0.6) is 0 Å². The number of rotatable bonds is 6. The molecule has 1 aromatic carbocycles. The molecular formula is C21H19BrN6O2. The van der Waals surface area contributed by atoms with Crippen LogP contribution in [0.3, 0.4) is 0 Å². The third-order valence-corrected chi connectivity index (χ3v) is 5.69. The number of fused-ring (bicyclic) bond motifs is 2. The number of amides is 1. The van der Waals surface area contributed by atoms with Gasteiger partial charge in [0.25, 0.3) is 0 Å². The van der Waals surface area contributed by atoms with Crippen LogP contribution >= 0.6 is 15.9 Å². The molecule has 1 unspecified atom stereocenters. The number of nitrogens with one attached hydrogen (secondary N) is 1. The molecule has 0 saturated heterocycles. The van der Waals surface area contributed by atoms with Crippen LogP contribution in [0.2, 0.25) is 0 Å².